The number of rotatable bonds is 7. The van der Waals surface area contributed by atoms with Gasteiger partial charge < -0.3 is 10.2 Å². The summed E-state index contributed by atoms with van der Waals surface area (Å²) in [5.41, 5.74) is 0. The van der Waals surface area contributed by atoms with Crippen molar-refractivity contribution in [1.82, 2.24) is 10.2 Å². The topological polar surface area (TPSA) is 49.4 Å². The van der Waals surface area contributed by atoms with Gasteiger partial charge in [-0.2, -0.15) is 11.8 Å². The molecule has 3 atom stereocenters. The van der Waals surface area contributed by atoms with Crippen molar-refractivity contribution in [3.63, 3.8) is 0 Å². The van der Waals surface area contributed by atoms with Crippen LogP contribution in [0.25, 0.3) is 0 Å². The minimum absolute atomic E-state index is 0.00885. The Kier molecular flexibility index (Phi) is 6.86. The molecule has 20 heavy (non-hydrogen) atoms. The van der Waals surface area contributed by atoms with Gasteiger partial charge >= 0.3 is 0 Å². The second-order valence-electron chi connectivity index (χ2n) is 5.98. The summed E-state index contributed by atoms with van der Waals surface area (Å²) in [4.78, 5) is 26.6. The fraction of sp³-hybridized carbons (Fsp3) is 0.867. The molecule has 0 radical (unpaired) electrons. The van der Waals surface area contributed by atoms with Crippen LogP contribution in [-0.4, -0.2) is 46.8 Å². The van der Waals surface area contributed by atoms with Crippen molar-refractivity contribution in [2.24, 2.45) is 5.92 Å². The second-order valence-corrected chi connectivity index (χ2v) is 7.26. The van der Waals surface area contributed by atoms with Crippen molar-refractivity contribution in [1.29, 1.82) is 0 Å². The molecular formula is C15H28N2O2S. The smallest absolute Gasteiger partial charge is 0.245 e. The molecule has 1 aliphatic rings. The van der Waals surface area contributed by atoms with Gasteiger partial charge in [-0.25, -0.2) is 0 Å². The zero-order chi connectivity index (χ0) is 15.3. The normalized spacial score (nSPS) is 25.0. The molecule has 2 amide bonds. The van der Waals surface area contributed by atoms with Gasteiger partial charge in [-0.3, -0.25) is 9.59 Å². The van der Waals surface area contributed by atoms with Gasteiger partial charge in [-0.1, -0.05) is 27.7 Å². The van der Waals surface area contributed by atoms with Gasteiger partial charge in [0, 0.05) is 11.8 Å². The number of hydrogen-bond donors (Lipinski definition) is 1. The number of thioether (sulfide) groups is 1. The minimum atomic E-state index is -0.338. The Balaban J connectivity index is 2.77. The Morgan fingerprint density at radius 2 is 1.95 bits per heavy atom. The number of hydrogen-bond acceptors (Lipinski definition) is 3. The summed E-state index contributed by atoms with van der Waals surface area (Å²) in [6.45, 7) is 8.95. The first-order valence-electron chi connectivity index (χ1n) is 7.54. The molecule has 5 heteroatoms. The maximum absolute atomic E-state index is 12.6. The third-order valence-electron chi connectivity index (χ3n) is 3.85. The van der Waals surface area contributed by atoms with Crippen LogP contribution in [0.5, 0.6) is 0 Å². The van der Waals surface area contributed by atoms with Crippen LogP contribution in [0.4, 0.5) is 0 Å². The summed E-state index contributed by atoms with van der Waals surface area (Å²) in [5.74, 6) is 0.502. The number of carbonyl (C=O) groups excluding carboxylic acids is 2. The van der Waals surface area contributed by atoms with E-state index in [0.717, 1.165) is 12.8 Å². The van der Waals surface area contributed by atoms with Crippen LogP contribution >= 0.6 is 11.8 Å². The third-order valence-corrected chi connectivity index (χ3v) is 4.89. The Labute approximate surface area is 127 Å². The van der Waals surface area contributed by atoms with E-state index < -0.39 is 0 Å². The minimum Gasteiger partial charge on any atom is -0.342 e. The Morgan fingerprint density at radius 3 is 2.45 bits per heavy atom. The van der Waals surface area contributed by atoms with E-state index in [-0.39, 0.29) is 23.9 Å². The summed E-state index contributed by atoms with van der Waals surface area (Å²) in [7, 11) is 0. The molecule has 1 rings (SSSR count). The highest BCUT2D eigenvalue weighted by atomic mass is 32.2. The maximum atomic E-state index is 12.6. The average molecular weight is 300 g/mol. The van der Waals surface area contributed by atoms with Gasteiger partial charge in [0.2, 0.25) is 11.8 Å². The predicted molar refractivity (Wildman–Crippen MR) is 84.8 cm³/mol. The fourth-order valence-electron chi connectivity index (χ4n) is 2.57. The van der Waals surface area contributed by atoms with Crippen molar-refractivity contribution in [3.05, 3.63) is 0 Å². The van der Waals surface area contributed by atoms with E-state index in [4.69, 9.17) is 0 Å². The molecule has 0 spiro atoms. The molecule has 4 nitrogen and oxygen atoms in total. The summed E-state index contributed by atoms with van der Waals surface area (Å²) < 4.78 is 0. The summed E-state index contributed by atoms with van der Waals surface area (Å²) in [6, 6.07) is -0.630. The zero-order valence-electron chi connectivity index (χ0n) is 13.3. The lowest BCUT2D eigenvalue weighted by molar-refractivity contribution is -0.150. The molecule has 1 N–H and O–H groups in total. The number of amides is 2. The highest BCUT2D eigenvalue weighted by Gasteiger charge is 2.39. The van der Waals surface area contributed by atoms with Crippen molar-refractivity contribution in [2.75, 3.05) is 12.8 Å². The van der Waals surface area contributed by atoms with E-state index in [1.165, 1.54) is 0 Å². The van der Waals surface area contributed by atoms with Crippen LogP contribution in [0.1, 0.15) is 47.0 Å². The fourth-order valence-corrected chi connectivity index (χ4v) is 2.91. The molecule has 0 saturated carbocycles. The van der Waals surface area contributed by atoms with E-state index in [0.29, 0.717) is 24.1 Å². The molecule has 116 valence electrons. The van der Waals surface area contributed by atoms with E-state index in [1.54, 1.807) is 16.7 Å². The van der Waals surface area contributed by atoms with E-state index in [9.17, 15) is 9.59 Å². The molecule has 1 aliphatic heterocycles. The average Bonchev–Trinajstić information content (AvgIpc) is 2.39. The maximum Gasteiger partial charge on any atom is 0.245 e. The largest absolute Gasteiger partial charge is 0.342 e. The van der Waals surface area contributed by atoms with E-state index in [2.05, 4.69) is 32.3 Å². The standard InChI is InChI=1S/C15H28N2O2S/c1-6-13-14(18)16-12(9-10(2)3)15(19)17(13)8-7-11(4)20-5/h10-13H,6-9H2,1-5H3,(H,16,18). The van der Waals surface area contributed by atoms with Gasteiger partial charge in [0.05, 0.1) is 0 Å². The molecule has 0 aromatic heterocycles. The first kappa shape index (κ1) is 17.3. The summed E-state index contributed by atoms with van der Waals surface area (Å²) in [5, 5.41) is 3.40. The lowest BCUT2D eigenvalue weighted by atomic mass is 9.97. The SMILES string of the molecule is CCC1C(=O)NC(CC(C)C)C(=O)N1CCC(C)SC. The quantitative estimate of drug-likeness (QED) is 0.785. The zero-order valence-corrected chi connectivity index (χ0v) is 14.1. The van der Waals surface area contributed by atoms with Crippen molar-refractivity contribution in [3.8, 4) is 0 Å². The van der Waals surface area contributed by atoms with Gasteiger partial charge in [-0.05, 0) is 31.4 Å². The molecule has 1 fully saturated rings. The number of nitrogens with one attached hydrogen (secondary N) is 1. The van der Waals surface area contributed by atoms with E-state index in [1.807, 2.05) is 6.92 Å². The first-order chi connectivity index (χ1) is 9.40. The van der Waals surface area contributed by atoms with Crippen LogP contribution in [0.3, 0.4) is 0 Å². The number of piperazine rings is 1. The number of nitrogens with zero attached hydrogens (tertiary/aromatic N) is 1. The van der Waals surface area contributed by atoms with Crippen molar-refractivity contribution >= 4 is 23.6 Å². The molecule has 0 aromatic rings. The molecule has 1 saturated heterocycles. The van der Waals surface area contributed by atoms with Crippen LogP contribution in [0.15, 0.2) is 0 Å². The van der Waals surface area contributed by atoms with Crippen molar-refractivity contribution in [2.45, 2.75) is 64.3 Å². The van der Waals surface area contributed by atoms with Gasteiger partial charge in [0.15, 0.2) is 0 Å². The number of carbonyl (C=O) groups is 2. The lowest BCUT2D eigenvalue weighted by Crippen LogP contribution is -2.63. The highest BCUT2D eigenvalue weighted by molar-refractivity contribution is 7.99. The molecule has 0 bridgehead atoms. The molecule has 1 heterocycles. The first-order valence-corrected chi connectivity index (χ1v) is 8.83. The second kappa shape index (κ2) is 7.91. The Hall–Kier alpha value is -0.710. The highest BCUT2D eigenvalue weighted by Crippen LogP contribution is 2.20. The predicted octanol–water partition coefficient (Wildman–Crippen LogP) is 2.28. The summed E-state index contributed by atoms with van der Waals surface area (Å²) >= 11 is 1.80. The van der Waals surface area contributed by atoms with Gasteiger partial charge in [0.1, 0.15) is 12.1 Å². The molecular weight excluding hydrogens is 272 g/mol. The van der Waals surface area contributed by atoms with Gasteiger partial charge in [0.25, 0.3) is 0 Å². The third kappa shape index (κ3) is 4.40. The molecule has 3 unspecified atom stereocenters. The van der Waals surface area contributed by atoms with Crippen LogP contribution < -0.4 is 5.32 Å². The lowest BCUT2D eigenvalue weighted by Gasteiger charge is -2.39. The van der Waals surface area contributed by atoms with Gasteiger partial charge in [-0.15, -0.1) is 0 Å². The molecule has 0 aliphatic carbocycles. The molecule has 0 aromatic carbocycles. The van der Waals surface area contributed by atoms with E-state index >= 15 is 0 Å². The van der Waals surface area contributed by atoms with Crippen molar-refractivity contribution < 1.29 is 9.59 Å². The Bertz CT molecular complexity index is 347. The van der Waals surface area contributed by atoms with Crippen LogP contribution in [0, 0.1) is 5.92 Å². The van der Waals surface area contributed by atoms with Crippen LogP contribution in [-0.2, 0) is 9.59 Å². The Morgan fingerprint density at radius 1 is 1.30 bits per heavy atom. The summed E-state index contributed by atoms with van der Waals surface area (Å²) in [6.07, 6.45) is 4.41. The van der Waals surface area contributed by atoms with Crippen LogP contribution in [0.2, 0.25) is 0 Å². The monoisotopic (exact) mass is 300 g/mol.